The summed E-state index contributed by atoms with van der Waals surface area (Å²) in [6.07, 6.45) is 0. The first-order chi connectivity index (χ1) is 12.1. The number of carbonyl (C=O) groups excluding carboxylic acids is 1. The molecule has 0 aliphatic carbocycles. The summed E-state index contributed by atoms with van der Waals surface area (Å²) in [5.74, 6) is -2.33. The zero-order valence-corrected chi connectivity index (χ0v) is 15.2. The second-order valence-electron chi connectivity index (χ2n) is 5.59. The van der Waals surface area contributed by atoms with Crippen LogP contribution in [0.15, 0.2) is 35.2 Å². The third-order valence-corrected chi connectivity index (χ3v) is 5.15. The quantitative estimate of drug-likeness (QED) is 0.802. The molecule has 0 spiro atoms. The van der Waals surface area contributed by atoms with Gasteiger partial charge in [-0.3, -0.25) is 4.79 Å². The highest BCUT2D eigenvalue weighted by Crippen LogP contribution is 2.25. The summed E-state index contributed by atoms with van der Waals surface area (Å²) in [5.41, 5.74) is 1.11. The standard InChI is InChI=1S/C17H18F2N2O4S/c1-10-7-16(11(2)6-15(10)25-3)26(23,24)20-9-17(22)21-12-4-5-13(18)14(19)8-12/h4-8,20H,9H2,1-3H3,(H,21,22). The molecule has 0 fully saturated rings. The lowest BCUT2D eigenvalue weighted by Gasteiger charge is -2.13. The fourth-order valence-electron chi connectivity index (χ4n) is 2.29. The first-order valence-electron chi connectivity index (χ1n) is 7.54. The van der Waals surface area contributed by atoms with Gasteiger partial charge in [-0.05, 0) is 49.2 Å². The number of anilines is 1. The minimum atomic E-state index is -3.94. The Hall–Kier alpha value is -2.52. The predicted molar refractivity (Wildman–Crippen MR) is 92.6 cm³/mol. The molecule has 0 aliphatic rings. The lowest BCUT2D eigenvalue weighted by molar-refractivity contribution is -0.115. The molecule has 0 aromatic heterocycles. The Labute approximate surface area is 150 Å². The average Bonchev–Trinajstić information content (AvgIpc) is 2.58. The fraction of sp³-hybridized carbons (Fsp3) is 0.235. The third-order valence-electron chi connectivity index (χ3n) is 3.61. The molecule has 0 saturated carbocycles. The topological polar surface area (TPSA) is 84.5 Å². The number of carbonyl (C=O) groups is 1. The zero-order valence-electron chi connectivity index (χ0n) is 14.4. The lowest BCUT2D eigenvalue weighted by atomic mass is 10.1. The van der Waals surface area contributed by atoms with Crippen molar-refractivity contribution in [2.45, 2.75) is 18.7 Å². The van der Waals surface area contributed by atoms with Crippen molar-refractivity contribution in [3.63, 3.8) is 0 Å². The van der Waals surface area contributed by atoms with Crippen molar-refractivity contribution >= 4 is 21.6 Å². The fourth-order valence-corrected chi connectivity index (χ4v) is 3.58. The minimum Gasteiger partial charge on any atom is -0.496 e. The van der Waals surface area contributed by atoms with Crippen LogP contribution < -0.4 is 14.8 Å². The number of benzene rings is 2. The van der Waals surface area contributed by atoms with E-state index in [1.807, 2.05) is 0 Å². The number of hydrogen-bond acceptors (Lipinski definition) is 4. The van der Waals surface area contributed by atoms with Crippen LogP contribution in [0, 0.1) is 25.5 Å². The molecule has 0 saturated heterocycles. The number of methoxy groups -OCH3 is 1. The monoisotopic (exact) mass is 384 g/mol. The van der Waals surface area contributed by atoms with Crippen LogP contribution in [-0.4, -0.2) is 28.0 Å². The Balaban J connectivity index is 2.09. The van der Waals surface area contributed by atoms with E-state index >= 15 is 0 Å². The van der Waals surface area contributed by atoms with Crippen LogP contribution in [-0.2, 0) is 14.8 Å². The molecular formula is C17H18F2N2O4S. The zero-order chi connectivity index (χ0) is 19.5. The minimum absolute atomic E-state index is 0.0181. The van der Waals surface area contributed by atoms with Gasteiger partial charge in [-0.1, -0.05) is 0 Å². The van der Waals surface area contributed by atoms with E-state index in [1.54, 1.807) is 19.9 Å². The van der Waals surface area contributed by atoms with E-state index < -0.39 is 34.1 Å². The number of hydrogen-bond donors (Lipinski definition) is 2. The van der Waals surface area contributed by atoms with Gasteiger partial charge >= 0.3 is 0 Å². The largest absolute Gasteiger partial charge is 0.496 e. The van der Waals surface area contributed by atoms with Crippen LogP contribution >= 0.6 is 0 Å². The molecule has 0 atom stereocenters. The number of sulfonamides is 1. The number of amides is 1. The Morgan fingerprint density at radius 1 is 1.08 bits per heavy atom. The summed E-state index contributed by atoms with van der Waals surface area (Å²) in [7, 11) is -2.46. The first-order valence-corrected chi connectivity index (χ1v) is 9.02. The molecule has 2 N–H and O–H groups in total. The van der Waals surface area contributed by atoms with Crippen LogP contribution in [0.5, 0.6) is 5.75 Å². The molecule has 9 heteroatoms. The molecule has 0 aliphatic heterocycles. The average molecular weight is 384 g/mol. The number of aryl methyl sites for hydroxylation is 2. The summed E-state index contributed by atoms with van der Waals surface area (Å²) in [5, 5.41) is 2.29. The highest BCUT2D eigenvalue weighted by atomic mass is 32.2. The van der Waals surface area contributed by atoms with Crippen LogP contribution in [0.2, 0.25) is 0 Å². The summed E-state index contributed by atoms with van der Waals surface area (Å²) < 4.78 is 58.1. The number of rotatable bonds is 6. The number of nitrogens with one attached hydrogen (secondary N) is 2. The van der Waals surface area contributed by atoms with E-state index in [4.69, 9.17) is 4.74 Å². The summed E-state index contributed by atoms with van der Waals surface area (Å²) in [4.78, 5) is 11.9. The van der Waals surface area contributed by atoms with E-state index in [2.05, 4.69) is 10.0 Å². The Bertz CT molecular complexity index is 946. The molecule has 26 heavy (non-hydrogen) atoms. The Morgan fingerprint density at radius 2 is 1.77 bits per heavy atom. The van der Waals surface area contributed by atoms with Crippen LogP contribution in [0.25, 0.3) is 0 Å². The number of halogens is 2. The van der Waals surface area contributed by atoms with Gasteiger partial charge in [0.15, 0.2) is 11.6 Å². The molecule has 0 radical (unpaired) electrons. The SMILES string of the molecule is COc1cc(C)c(S(=O)(=O)NCC(=O)Nc2ccc(F)c(F)c2)cc1C. The molecule has 140 valence electrons. The van der Waals surface area contributed by atoms with Crippen LogP contribution in [0.3, 0.4) is 0 Å². The maximum absolute atomic E-state index is 13.1. The second-order valence-corrected chi connectivity index (χ2v) is 7.32. The van der Waals surface area contributed by atoms with Gasteiger partial charge in [-0.25, -0.2) is 21.9 Å². The van der Waals surface area contributed by atoms with Crippen molar-refractivity contribution in [3.8, 4) is 5.75 Å². The van der Waals surface area contributed by atoms with E-state index in [0.717, 1.165) is 12.1 Å². The molecule has 0 bridgehead atoms. The van der Waals surface area contributed by atoms with Gasteiger partial charge in [-0.2, -0.15) is 0 Å². The molecule has 2 rings (SSSR count). The highest BCUT2D eigenvalue weighted by Gasteiger charge is 2.20. The lowest BCUT2D eigenvalue weighted by Crippen LogP contribution is -2.33. The molecule has 2 aromatic rings. The molecule has 2 aromatic carbocycles. The van der Waals surface area contributed by atoms with Crippen molar-refractivity contribution in [2.75, 3.05) is 19.0 Å². The van der Waals surface area contributed by atoms with Crippen molar-refractivity contribution in [3.05, 3.63) is 53.1 Å². The van der Waals surface area contributed by atoms with Gasteiger partial charge in [-0.15, -0.1) is 0 Å². The van der Waals surface area contributed by atoms with Crippen molar-refractivity contribution in [1.82, 2.24) is 4.72 Å². The van der Waals surface area contributed by atoms with Crippen molar-refractivity contribution in [1.29, 1.82) is 0 Å². The molecule has 0 unspecified atom stereocenters. The smallest absolute Gasteiger partial charge is 0.241 e. The maximum Gasteiger partial charge on any atom is 0.241 e. The summed E-state index contributed by atoms with van der Waals surface area (Å²) >= 11 is 0. The van der Waals surface area contributed by atoms with E-state index in [0.29, 0.717) is 16.9 Å². The van der Waals surface area contributed by atoms with Crippen molar-refractivity contribution in [2.24, 2.45) is 0 Å². The Morgan fingerprint density at radius 3 is 2.38 bits per heavy atom. The molecule has 0 heterocycles. The van der Waals surface area contributed by atoms with Crippen LogP contribution in [0.4, 0.5) is 14.5 Å². The van der Waals surface area contributed by atoms with Gasteiger partial charge < -0.3 is 10.1 Å². The van der Waals surface area contributed by atoms with Gasteiger partial charge in [0.05, 0.1) is 18.6 Å². The maximum atomic E-state index is 13.1. The second kappa shape index (κ2) is 7.79. The van der Waals surface area contributed by atoms with Gasteiger partial charge in [0, 0.05) is 11.8 Å². The normalized spacial score (nSPS) is 11.3. The van der Waals surface area contributed by atoms with Crippen molar-refractivity contribution < 1.29 is 26.7 Å². The summed E-state index contributed by atoms with van der Waals surface area (Å²) in [6.45, 7) is 2.75. The molecular weight excluding hydrogens is 366 g/mol. The molecule has 6 nitrogen and oxygen atoms in total. The van der Waals surface area contributed by atoms with Gasteiger partial charge in [0.1, 0.15) is 5.75 Å². The Kier molecular flexibility index (Phi) is 5.94. The molecule has 1 amide bonds. The number of ether oxygens (including phenoxy) is 1. The van der Waals surface area contributed by atoms with E-state index in [9.17, 15) is 22.0 Å². The third kappa shape index (κ3) is 4.55. The van der Waals surface area contributed by atoms with E-state index in [-0.39, 0.29) is 10.6 Å². The first kappa shape index (κ1) is 19.8. The highest BCUT2D eigenvalue weighted by molar-refractivity contribution is 7.89. The van der Waals surface area contributed by atoms with Gasteiger partial charge in [0.25, 0.3) is 0 Å². The predicted octanol–water partition coefficient (Wildman–Crippen LogP) is 2.51. The summed E-state index contributed by atoms with van der Waals surface area (Å²) in [6, 6.07) is 5.87. The van der Waals surface area contributed by atoms with Gasteiger partial charge in [0.2, 0.25) is 15.9 Å². The van der Waals surface area contributed by atoms with E-state index in [1.165, 1.54) is 19.2 Å². The van der Waals surface area contributed by atoms with Crippen LogP contribution in [0.1, 0.15) is 11.1 Å².